The van der Waals surface area contributed by atoms with Gasteiger partial charge in [0.05, 0.1) is 17.7 Å². The number of nitrogens with one attached hydrogen (secondary N) is 1. The van der Waals surface area contributed by atoms with E-state index in [0.717, 1.165) is 17.0 Å². The largest absolute Gasteiger partial charge is 0.491 e. The molecule has 0 amide bonds. The third-order valence-corrected chi connectivity index (χ3v) is 2.81. The van der Waals surface area contributed by atoms with Gasteiger partial charge in [-0.1, -0.05) is 0 Å². The molecule has 1 N–H and O–H groups in total. The maximum atomic E-state index is 13.3. The van der Waals surface area contributed by atoms with Gasteiger partial charge in [-0.25, -0.2) is 4.39 Å². The zero-order valence-corrected chi connectivity index (χ0v) is 12.1. The van der Waals surface area contributed by atoms with Gasteiger partial charge in [-0.05, 0) is 61.9 Å². The van der Waals surface area contributed by atoms with Gasteiger partial charge in [0, 0.05) is 12.2 Å². The van der Waals surface area contributed by atoms with Gasteiger partial charge in [0.2, 0.25) is 0 Å². The van der Waals surface area contributed by atoms with E-state index in [4.69, 9.17) is 10.00 Å². The summed E-state index contributed by atoms with van der Waals surface area (Å²) in [7, 11) is 0. The summed E-state index contributed by atoms with van der Waals surface area (Å²) in [6, 6.07) is 13.8. The molecule has 0 saturated carbocycles. The molecule has 2 aromatic carbocycles. The van der Waals surface area contributed by atoms with Crippen LogP contribution in [0.2, 0.25) is 0 Å². The zero-order chi connectivity index (χ0) is 15.2. The quantitative estimate of drug-likeness (QED) is 0.899. The number of ether oxygens (including phenoxy) is 1. The SMILES string of the molecule is CC(C)Oc1ccc(NCc2cc(F)cc(C#N)c2)cc1. The molecule has 0 fully saturated rings. The fraction of sp³-hybridized carbons (Fsp3) is 0.235. The highest BCUT2D eigenvalue weighted by Gasteiger charge is 2.02. The van der Waals surface area contributed by atoms with Crippen molar-refractivity contribution in [1.29, 1.82) is 5.26 Å². The second-order valence-electron chi connectivity index (χ2n) is 5.00. The van der Waals surface area contributed by atoms with Crippen molar-refractivity contribution in [2.75, 3.05) is 5.32 Å². The van der Waals surface area contributed by atoms with Gasteiger partial charge in [0.1, 0.15) is 11.6 Å². The van der Waals surface area contributed by atoms with Crippen molar-refractivity contribution in [3.63, 3.8) is 0 Å². The molecule has 0 atom stereocenters. The summed E-state index contributed by atoms with van der Waals surface area (Å²) >= 11 is 0. The highest BCUT2D eigenvalue weighted by Crippen LogP contribution is 2.18. The van der Waals surface area contributed by atoms with Crippen LogP contribution in [0, 0.1) is 17.1 Å². The van der Waals surface area contributed by atoms with Crippen LogP contribution in [0.5, 0.6) is 5.75 Å². The van der Waals surface area contributed by atoms with Gasteiger partial charge in [0.15, 0.2) is 0 Å². The van der Waals surface area contributed by atoms with Gasteiger partial charge in [-0.15, -0.1) is 0 Å². The van der Waals surface area contributed by atoms with E-state index in [1.54, 1.807) is 6.07 Å². The molecule has 0 heterocycles. The Morgan fingerprint density at radius 3 is 2.52 bits per heavy atom. The van der Waals surface area contributed by atoms with Crippen molar-refractivity contribution >= 4 is 5.69 Å². The molecule has 21 heavy (non-hydrogen) atoms. The van der Waals surface area contributed by atoms with E-state index in [9.17, 15) is 4.39 Å². The second kappa shape index (κ2) is 6.76. The summed E-state index contributed by atoms with van der Waals surface area (Å²) in [5.41, 5.74) is 1.97. The first kappa shape index (κ1) is 14.9. The summed E-state index contributed by atoms with van der Waals surface area (Å²) in [5, 5.41) is 12.0. The summed E-state index contributed by atoms with van der Waals surface area (Å²) in [6.07, 6.45) is 0.139. The molecule has 108 valence electrons. The van der Waals surface area contributed by atoms with Gasteiger partial charge >= 0.3 is 0 Å². The first-order valence-electron chi connectivity index (χ1n) is 6.77. The monoisotopic (exact) mass is 284 g/mol. The lowest BCUT2D eigenvalue weighted by atomic mass is 10.1. The number of hydrogen-bond donors (Lipinski definition) is 1. The maximum absolute atomic E-state index is 13.3. The van der Waals surface area contributed by atoms with E-state index in [1.807, 2.05) is 44.2 Å². The van der Waals surface area contributed by atoms with Gasteiger partial charge in [0.25, 0.3) is 0 Å². The van der Waals surface area contributed by atoms with Crippen LogP contribution in [0.1, 0.15) is 25.0 Å². The molecule has 0 aromatic heterocycles. The van der Waals surface area contributed by atoms with Crippen molar-refractivity contribution in [2.45, 2.75) is 26.5 Å². The van der Waals surface area contributed by atoms with Crippen LogP contribution in [0.25, 0.3) is 0 Å². The number of nitrogens with zero attached hydrogens (tertiary/aromatic N) is 1. The number of rotatable bonds is 5. The lowest BCUT2D eigenvalue weighted by Crippen LogP contribution is -2.05. The Bertz CT molecular complexity index is 645. The minimum atomic E-state index is -0.397. The maximum Gasteiger partial charge on any atom is 0.124 e. The van der Waals surface area contributed by atoms with Crippen LogP contribution in [0.4, 0.5) is 10.1 Å². The van der Waals surface area contributed by atoms with Crippen molar-refractivity contribution in [3.05, 3.63) is 59.4 Å². The van der Waals surface area contributed by atoms with E-state index < -0.39 is 5.82 Å². The predicted octanol–water partition coefficient (Wildman–Crippen LogP) is 4.10. The molecular weight excluding hydrogens is 267 g/mol. The Morgan fingerprint density at radius 2 is 1.90 bits per heavy atom. The summed E-state index contributed by atoms with van der Waals surface area (Å²) in [4.78, 5) is 0. The van der Waals surface area contributed by atoms with Crippen molar-refractivity contribution in [1.82, 2.24) is 0 Å². The summed E-state index contributed by atoms with van der Waals surface area (Å²) in [6.45, 7) is 4.41. The molecule has 4 heteroatoms. The van der Waals surface area contributed by atoms with E-state index in [2.05, 4.69) is 5.32 Å². The first-order chi connectivity index (χ1) is 10.1. The van der Waals surface area contributed by atoms with Crippen LogP contribution in [0.3, 0.4) is 0 Å². The van der Waals surface area contributed by atoms with E-state index in [0.29, 0.717) is 12.1 Å². The Morgan fingerprint density at radius 1 is 1.19 bits per heavy atom. The molecule has 0 bridgehead atoms. The smallest absolute Gasteiger partial charge is 0.124 e. The van der Waals surface area contributed by atoms with Gasteiger partial charge < -0.3 is 10.1 Å². The molecule has 0 spiro atoms. The fourth-order valence-electron chi connectivity index (χ4n) is 1.94. The van der Waals surface area contributed by atoms with E-state index in [1.165, 1.54) is 12.1 Å². The zero-order valence-electron chi connectivity index (χ0n) is 12.1. The highest BCUT2D eigenvalue weighted by molar-refractivity contribution is 5.47. The fourth-order valence-corrected chi connectivity index (χ4v) is 1.94. The summed E-state index contributed by atoms with van der Waals surface area (Å²) in [5.74, 6) is 0.416. The Balaban J connectivity index is 2.00. The molecule has 0 aliphatic heterocycles. The van der Waals surface area contributed by atoms with Crippen LogP contribution in [-0.4, -0.2) is 6.10 Å². The predicted molar refractivity (Wildman–Crippen MR) is 80.6 cm³/mol. The van der Waals surface area contributed by atoms with E-state index >= 15 is 0 Å². The molecule has 2 rings (SSSR count). The minimum Gasteiger partial charge on any atom is -0.491 e. The molecule has 0 radical (unpaired) electrons. The summed E-state index contributed by atoms with van der Waals surface area (Å²) < 4.78 is 18.9. The minimum absolute atomic E-state index is 0.139. The second-order valence-corrected chi connectivity index (χ2v) is 5.00. The number of hydrogen-bond acceptors (Lipinski definition) is 3. The molecule has 2 aromatic rings. The first-order valence-corrected chi connectivity index (χ1v) is 6.77. The number of halogens is 1. The molecular formula is C17H17FN2O. The molecule has 0 unspecified atom stereocenters. The third-order valence-electron chi connectivity index (χ3n) is 2.81. The lowest BCUT2D eigenvalue weighted by Gasteiger charge is -2.11. The van der Waals surface area contributed by atoms with Gasteiger partial charge in [-0.2, -0.15) is 5.26 Å². The van der Waals surface area contributed by atoms with Crippen LogP contribution in [0.15, 0.2) is 42.5 Å². The van der Waals surface area contributed by atoms with E-state index in [-0.39, 0.29) is 6.10 Å². The third kappa shape index (κ3) is 4.50. The Kier molecular flexibility index (Phi) is 4.78. The highest BCUT2D eigenvalue weighted by atomic mass is 19.1. The topological polar surface area (TPSA) is 45.0 Å². The normalized spacial score (nSPS) is 10.2. The number of nitriles is 1. The Hall–Kier alpha value is -2.54. The van der Waals surface area contributed by atoms with Crippen molar-refractivity contribution < 1.29 is 9.13 Å². The van der Waals surface area contributed by atoms with Gasteiger partial charge in [-0.3, -0.25) is 0 Å². The van der Waals surface area contributed by atoms with Crippen molar-refractivity contribution in [3.8, 4) is 11.8 Å². The average Bonchev–Trinajstić information content (AvgIpc) is 2.45. The number of benzene rings is 2. The average molecular weight is 284 g/mol. The van der Waals surface area contributed by atoms with Crippen LogP contribution >= 0.6 is 0 Å². The molecule has 0 aliphatic carbocycles. The lowest BCUT2D eigenvalue weighted by molar-refractivity contribution is 0.242. The molecule has 0 aliphatic rings. The van der Waals surface area contributed by atoms with Crippen molar-refractivity contribution in [2.24, 2.45) is 0 Å². The molecule has 3 nitrogen and oxygen atoms in total. The standard InChI is InChI=1S/C17H17FN2O/c1-12(2)21-17-5-3-16(4-6-17)20-11-14-7-13(10-19)8-15(18)9-14/h3-9,12,20H,11H2,1-2H3. The van der Waals surface area contributed by atoms with Crippen LogP contribution in [-0.2, 0) is 6.54 Å². The Labute approximate surface area is 124 Å². The van der Waals surface area contributed by atoms with Crippen LogP contribution < -0.4 is 10.1 Å². The molecule has 0 saturated heterocycles. The number of anilines is 1.